The topological polar surface area (TPSA) is 102 Å². The van der Waals surface area contributed by atoms with Gasteiger partial charge in [-0.05, 0) is 36.4 Å². The van der Waals surface area contributed by atoms with Gasteiger partial charge in [-0.3, -0.25) is 19.7 Å². The molecule has 0 aliphatic carbocycles. The molecule has 1 aromatic heterocycles. The molecule has 0 spiro atoms. The van der Waals surface area contributed by atoms with Crippen LogP contribution in [0.15, 0.2) is 52.9 Å². The number of amides is 1. The van der Waals surface area contributed by atoms with Crippen LogP contribution in [0.3, 0.4) is 0 Å². The van der Waals surface area contributed by atoms with E-state index in [9.17, 15) is 19.7 Å². The molecule has 0 aliphatic heterocycles. The van der Waals surface area contributed by atoms with Crippen molar-refractivity contribution in [1.29, 1.82) is 0 Å². The number of nitro benzene ring substituents is 1. The molecule has 1 heterocycles. The van der Waals surface area contributed by atoms with Gasteiger partial charge in [-0.25, -0.2) is 0 Å². The van der Waals surface area contributed by atoms with Crippen molar-refractivity contribution >= 4 is 34.0 Å². The van der Waals surface area contributed by atoms with Crippen LogP contribution in [-0.4, -0.2) is 16.6 Å². The Bertz CT molecular complexity index is 973. The molecule has 3 aromatic rings. The number of non-ortho nitro benzene ring substituents is 1. The van der Waals surface area contributed by atoms with Crippen molar-refractivity contribution in [3.05, 3.63) is 70.0 Å². The lowest BCUT2D eigenvalue weighted by atomic mass is 10.1. The van der Waals surface area contributed by atoms with E-state index in [1.807, 2.05) is 0 Å². The Hall–Kier alpha value is -3.48. The summed E-state index contributed by atoms with van der Waals surface area (Å²) in [5.74, 6) is -0.356. The maximum atomic E-state index is 12.5. The van der Waals surface area contributed by atoms with E-state index < -0.39 is 4.92 Å². The molecule has 7 nitrogen and oxygen atoms in total. The van der Waals surface area contributed by atoms with E-state index in [0.717, 1.165) is 0 Å². The highest BCUT2D eigenvalue weighted by atomic mass is 16.6. The second kappa shape index (κ2) is 6.56. The minimum Gasteiger partial charge on any atom is -0.453 e. The molecule has 7 heteroatoms. The molecule has 1 amide bonds. The summed E-state index contributed by atoms with van der Waals surface area (Å²) in [7, 11) is 0. The summed E-state index contributed by atoms with van der Waals surface area (Å²) in [6.45, 7) is 1.75. The smallest absolute Gasteiger partial charge is 0.270 e. The number of hydrogen-bond donors (Lipinski definition) is 1. The SMILES string of the molecule is CCC(=O)Nc1ccc(C(=O)c2cc3cc([N+](=O)[O-])ccc3o2)cc1. The fourth-order valence-electron chi connectivity index (χ4n) is 2.35. The molecular formula is C18H14N2O5. The number of benzene rings is 2. The molecule has 0 aliphatic rings. The average molecular weight is 338 g/mol. The molecule has 2 aromatic carbocycles. The van der Waals surface area contributed by atoms with Crippen LogP contribution in [0.2, 0.25) is 0 Å². The number of furan rings is 1. The normalized spacial score (nSPS) is 10.6. The van der Waals surface area contributed by atoms with E-state index in [1.165, 1.54) is 24.3 Å². The zero-order valence-electron chi connectivity index (χ0n) is 13.3. The fourth-order valence-corrected chi connectivity index (χ4v) is 2.35. The van der Waals surface area contributed by atoms with Gasteiger partial charge in [0, 0.05) is 35.2 Å². The Morgan fingerprint density at radius 1 is 1.12 bits per heavy atom. The highest BCUT2D eigenvalue weighted by Gasteiger charge is 2.16. The predicted octanol–water partition coefficient (Wildman–Crippen LogP) is 3.92. The molecule has 0 saturated carbocycles. The third-order valence-electron chi connectivity index (χ3n) is 3.69. The average Bonchev–Trinajstić information content (AvgIpc) is 3.04. The van der Waals surface area contributed by atoms with Gasteiger partial charge in [0.05, 0.1) is 4.92 Å². The van der Waals surface area contributed by atoms with Crippen LogP contribution < -0.4 is 5.32 Å². The van der Waals surface area contributed by atoms with Gasteiger partial charge in [-0.15, -0.1) is 0 Å². The van der Waals surface area contributed by atoms with Gasteiger partial charge in [0.1, 0.15) is 5.58 Å². The first-order chi connectivity index (χ1) is 12.0. The van der Waals surface area contributed by atoms with Gasteiger partial charge < -0.3 is 9.73 Å². The molecule has 0 atom stereocenters. The van der Waals surface area contributed by atoms with Crippen molar-refractivity contribution < 1.29 is 18.9 Å². The van der Waals surface area contributed by atoms with Crippen molar-refractivity contribution in [3.8, 4) is 0 Å². The summed E-state index contributed by atoms with van der Waals surface area (Å²) in [6, 6.07) is 12.1. The van der Waals surface area contributed by atoms with Gasteiger partial charge in [0.15, 0.2) is 5.76 Å². The number of carbonyl (C=O) groups excluding carboxylic acids is 2. The van der Waals surface area contributed by atoms with Crippen LogP contribution in [0.1, 0.15) is 29.5 Å². The molecule has 0 fully saturated rings. The minimum absolute atomic E-state index is 0.0664. The highest BCUT2D eigenvalue weighted by Crippen LogP contribution is 2.26. The lowest BCUT2D eigenvalue weighted by Gasteiger charge is -2.04. The Morgan fingerprint density at radius 3 is 2.48 bits per heavy atom. The Balaban J connectivity index is 1.86. The third-order valence-corrected chi connectivity index (χ3v) is 3.69. The molecule has 126 valence electrons. The van der Waals surface area contributed by atoms with E-state index in [2.05, 4.69) is 5.32 Å². The number of ketones is 1. The number of anilines is 1. The van der Waals surface area contributed by atoms with Gasteiger partial charge in [0.25, 0.3) is 5.69 Å². The van der Waals surface area contributed by atoms with Gasteiger partial charge >= 0.3 is 0 Å². The first-order valence-corrected chi connectivity index (χ1v) is 7.60. The zero-order chi connectivity index (χ0) is 18.0. The van der Waals surface area contributed by atoms with Crippen LogP contribution in [-0.2, 0) is 4.79 Å². The maximum Gasteiger partial charge on any atom is 0.270 e. The first kappa shape index (κ1) is 16.4. The lowest BCUT2D eigenvalue weighted by molar-refractivity contribution is -0.384. The number of hydrogen-bond acceptors (Lipinski definition) is 5. The predicted molar refractivity (Wildman–Crippen MR) is 91.7 cm³/mol. The Morgan fingerprint density at radius 2 is 1.84 bits per heavy atom. The second-order valence-electron chi connectivity index (χ2n) is 5.40. The first-order valence-electron chi connectivity index (χ1n) is 7.60. The van der Waals surface area contributed by atoms with E-state index in [-0.39, 0.29) is 23.1 Å². The summed E-state index contributed by atoms with van der Waals surface area (Å²) < 4.78 is 5.49. The number of nitrogens with zero attached hydrogens (tertiary/aromatic N) is 1. The van der Waals surface area contributed by atoms with Crippen molar-refractivity contribution in [1.82, 2.24) is 0 Å². The van der Waals surface area contributed by atoms with E-state index >= 15 is 0 Å². The van der Waals surface area contributed by atoms with Crippen molar-refractivity contribution in [2.45, 2.75) is 13.3 Å². The van der Waals surface area contributed by atoms with Crippen molar-refractivity contribution in [2.75, 3.05) is 5.32 Å². The Labute approximate surface area is 142 Å². The number of nitro groups is 1. The summed E-state index contributed by atoms with van der Waals surface area (Å²) in [6.07, 6.45) is 0.367. The summed E-state index contributed by atoms with van der Waals surface area (Å²) >= 11 is 0. The summed E-state index contributed by atoms with van der Waals surface area (Å²) in [5.41, 5.74) is 1.33. The fraction of sp³-hybridized carbons (Fsp3) is 0.111. The van der Waals surface area contributed by atoms with E-state index in [0.29, 0.717) is 28.6 Å². The van der Waals surface area contributed by atoms with Crippen LogP contribution in [0.4, 0.5) is 11.4 Å². The molecule has 0 bridgehead atoms. The van der Waals surface area contributed by atoms with Crippen LogP contribution >= 0.6 is 0 Å². The number of carbonyl (C=O) groups is 2. The number of rotatable bonds is 5. The third kappa shape index (κ3) is 3.40. The monoisotopic (exact) mass is 338 g/mol. The quantitative estimate of drug-likeness (QED) is 0.431. The van der Waals surface area contributed by atoms with Gasteiger partial charge in [0.2, 0.25) is 11.7 Å². The number of fused-ring (bicyclic) bond motifs is 1. The molecule has 3 rings (SSSR count). The molecule has 1 N–H and O–H groups in total. The molecule has 25 heavy (non-hydrogen) atoms. The second-order valence-corrected chi connectivity index (χ2v) is 5.40. The molecular weight excluding hydrogens is 324 g/mol. The van der Waals surface area contributed by atoms with Gasteiger partial charge in [-0.2, -0.15) is 0 Å². The zero-order valence-corrected chi connectivity index (χ0v) is 13.3. The molecule has 0 radical (unpaired) electrons. The minimum atomic E-state index is -0.503. The maximum absolute atomic E-state index is 12.5. The highest BCUT2D eigenvalue weighted by molar-refractivity contribution is 6.09. The van der Waals surface area contributed by atoms with E-state index in [1.54, 1.807) is 31.2 Å². The summed E-state index contributed by atoms with van der Waals surface area (Å²) in [4.78, 5) is 34.2. The number of nitrogens with one attached hydrogen (secondary N) is 1. The van der Waals surface area contributed by atoms with Crippen LogP contribution in [0.5, 0.6) is 0 Å². The largest absolute Gasteiger partial charge is 0.453 e. The van der Waals surface area contributed by atoms with Crippen molar-refractivity contribution in [3.63, 3.8) is 0 Å². The summed E-state index contributed by atoms with van der Waals surface area (Å²) in [5, 5.41) is 14.0. The van der Waals surface area contributed by atoms with Gasteiger partial charge in [-0.1, -0.05) is 6.92 Å². The standard InChI is InChI=1S/C18H14N2O5/c1-2-17(21)19-13-5-3-11(4-6-13)18(22)16-10-12-9-14(20(23)24)7-8-15(12)25-16/h3-10H,2H2,1H3,(H,19,21). The molecule has 0 saturated heterocycles. The van der Waals surface area contributed by atoms with Crippen molar-refractivity contribution in [2.24, 2.45) is 0 Å². The molecule has 0 unspecified atom stereocenters. The Kier molecular flexibility index (Phi) is 4.30. The van der Waals surface area contributed by atoms with E-state index in [4.69, 9.17) is 4.42 Å². The van der Waals surface area contributed by atoms with Crippen LogP contribution in [0.25, 0.3) is 11.0 Å². The van der Waals surface area contributed by atoms with Crippen LogP contribution in [0, 0.1) is 10.1 Å². The lowest BCUT2D eigenvalue weighted by Crippen LogP contribution is -2.09.